The lowest BCUT2D eigenvalue weighted by Gasteiger charge is -2.43. The lowest BCUT2D eigenvalue weighted by Crippen LogP contribution is -2.48. The van der Waals surface area contributed by atoms with Gasteiger partial charge in [0.05, 0.1) is 35.0 Å². The van der Waals surface area contributed by atoms with Crippen molar-refractivity contribution in [3.63, 3.8) is 0 Å². The summed E-state index contributed by atoms with van der Waals surface area (Å²) in [5, 5.41) is 11.8. The summed E-state index contributed by atoms with van der Waals surface area (Å²) in [6, 6.07) is 5.09. The number of hydrogen-bond acceptors (Lipinski definition) is 5. The van der Waals surface area contributed by atoms with Gasteiger partial charge in [0.2, 0.25) is 0 Å². The number of H-pyrrole nitrogens is 1. The summed E-state index contributed by atoms with van der Waals surface area (Å²) >= 11 is 8.18. The van der Waals surface area contributed by atoms with Gasteiger partial charge in [-0.25, -0.2) is 0 Å². The molecule has 0 aliphatic carbocycles. The molecule has 3 unspecified atom stereocenters. The molecule has 2 aromatic heterocycles. The van der Waals surface area contributed by atoms with Gasteiger partial charge in [-0.15, -0.1) is 11.3 Å². The quantitative estimate of drug-likeness (QED) is 0.757. The molecule has 0 saturated carbocycles. The van der Waals surface area contributed by atoms with Crippen molar-refractivity contribution in [2.45, 2.75) is 62.4 Å². The zero-order valence-electron chi connectivity index (χ0n) is 16.3. The van der Waals surface area contributed by atoms with Crippen LogP contribution in [-0.4, -0.2) is 42.7 Å². The van der Waals surface area contributed by atoms with Crippen LogP contribution in [0.15, 0.2) is 12.1 Å². The minimum atomic E-state index is 0.0307. The van der Waals surface area contributed by atoms with Gasteiger partial charge in [-0.05, 0) is 56.7 Å². The molecule has 152 valence electrons. The molecule has 5 rings (SSSR count). The third-order valence-electron chi connectivity index (χ3n) is 6.56. The summed E-state index contributed by atoms with van der Waals surface area (Å²) in [5.74, 6) is 0.512. The van der Waals surface area contributed by atoms with Crippen molar-refractivity contribution in [2.24, 2.45) is 0 Å². The predicted molar refractivity (Wildman–Crippen MR) is 111 cm³/mol. The van der Waals surface area contributed by atoms with E-state index in [1.807, 2.05) is 0 Å². The van der Waals surface area contributed by atoms with E-state index < -0.39 is 0 Å². The second kappa shape index (κ2) is 7.73. The minimum absolute atomic E-state index is 0.0307. The number of thiophene rings is 1. The number of ether oxygens (including phenoxy) is 2. The Morgan fingerprint density at radius 1 is 1.18 bits per heavy atom. The normalized spacial score (nSPS) is 31.6. The zero-order chi connectivity index (χ0) is 19.1. The molecule has 3 aliphatic rings. The van der Waals surface area contributed by atoms with Crippen LogP contribution in [0, 0.1) is 0 Å². The fourth-order valence-corrected chi connectivity index (χ4v) is 6.80. The molecule has 5 heterocycles. The smallest absolute Gasteiger partial charge is 0.0934 e. The SMILES string of the molecule is CC1CC2(COCCc3cc(Cl)sc32)CC(c2cc(C3CCOCC3)n[nH]2)N1. The predicted octanol–water partition coefficient (Wildman–Crippen LogP) is 4.34. The van der Waals surface area contributed by atoms with E-state index in [1.54, 1.807) is 11.3 Å². The Balaban J connectivity index is 1.44. The van der Waals surface area contributed by atoms with Crippen molar-refractivity contribution in [3.05, 3.63) is 38.3 Å². The first-order valence-corrected chi connectivity index (χ1v) is 11.6. The molecule has 2 aromatic rings. The van der Waals surface area contributed by atoms with E-state index in [0.29, 0.717) is 12.0 Å². The largest absolute Gasteiger partial charge is 0.381 e. The summed E-state index contributed by atoms with van der Waals surface area (Å²) < 4.78 is 12.5. The van der Waals surface area contributed by atoms with Crippen molar-refractivity contribution < 1.29 is 9.47 Å². The van der Waals surface area contributed by atoms with Gasteiger partial charge in [-0.2, -0.15) is 5.10 Å². The van der Waals surface area contributed by atoms with Crippen LogP contribution < -0.4 is 5.32 Å². The number of halogens is 1. The maximum absolute atomic E-state index is 6.42. The van der Waals surface area contributed by atoms with Crippen LogP contribution in [-0.2, 0) is 21.3 Å². The zero-order valence-corrected chi connectivity index (χ0v) is 17.9. The highest BCUT2D eigenvalue weighted by Crippen LogP contribution is 2.48. The lowest BCUT2D eigenvalue weighted by atomic mass is 9.71. The summed E-state index contributed by atoms with van der Waals surface area (Å²) in [7, 11) is 0. The third kappa shape index (κ3) is 3.54. The van der Waals surface area contributed by atoms with Crippen LogP contribution in [0.5, 0.6) is 0 Å². The van der Waals surface area contributed by atoms with Crippen molar-refractivity contribution in [1.82, 2.24) is 15.5 Å². The molecular formula is C21H28ClN3O2S. The van der Waals surface area contributed by atoms with Crippen molar-refractivity contribution in [2.75, 3.05) is 26.4 Å². The first-order chi connectivity index (χ1) is 13.6. The number of piperidine rings is 1. The molecule has 0 radical (unpaired) electrons. The average molecular weight is 422 g/mol. The van der Waals surface area contributed by atoms with Gasteiger partial charge in [-0.1, -0.05) is 11.6 Å². The van der Waals surface area contributed by atoms with Gasteiger partial charge >= 0.3 is 0 Å². The molecule has 1 spiro atoms. The number of fused-ring (bicyclic) bond motifs is 2. The highest BCUT2D eigenvalue weighted by Gasteiger charge is 2.45. The Labute approximate surface area is 175 Å². The molecule has 5 nitrogen and oxygen atoms in total. The standard InChI is InChI=1S/C21H28ClN3O2S/c1-13-10-21(12-27-7-4-15-8-19(22)28-20(15)21)11-18(23-13)17-9-16(24-25-17)14-2-5-26-6-3-14/h8-9,13-14,18,23H,2-7,10-12H2,1H3,(H,24,25). The molecule has 7 heteroatoms. The maximum atomic E-state index is 6.42. The van der Waals surface area contributed by atoms with E-state index in [9.17, 15) is 0 Å². The minimum Gasteiger partial charge on any atom is -0.381 e. The average Bonchev–Trinajstić information content (AvgIpc) is 3.30. The van der Waals surface area contributed by atoms with E-state index in [-0.39, 0.29) is 11.5 Å². The maximum Gasteiger partial charge on any atom is 0.0934 e. The van der Waals surface area contributed by atoms with E-state index in [0.717, 1.165) is 62.9 Å². The lowest BCUT2D eigenvalue weighted by molar-refractivity contribution is 0.0603. The summed E-state index contributed by atoms with van der Waals surface area (Å²) in [4.78, 5) is 1.44. The second-order valence-corrected chi connectivity index (χ2v) is 10.3. The molecule has 2 N–H and O–H groups in total. The monoisotopic (exact) mass is 421 g/mol. The van der Waals surface area contributed by atoms with Gasteiger partial charge in [0.1, 0.15) is 0 Å². The number of nitrogens with one attached hydrogen (secondary N) is 2. The van der Waals surface area contributed by atoms with Crippen LogP contribution in [0.3, 0.4) is 0 Å². The first kappa shape index (κ1) is 19.1. The Morgan fingerprint density at radius 3 is 2.89 bits per heavy atom. The molecule has 0 aromatic carbocycles. The van der Waals surface area contributed by atoms with Gasteiger partial charge in [0.25, 0.3) is 0 Å². The Bertz CT molecular complexity index is 831. The molecule has 3 atom stereocenters. The molecule has 3 aliphatic heterocycles. The molecule has 0 bridgehead atoms. The first-order valence-electron chi connectivity index (χ1n) is 10.4. The van der Waals surface area contributed by atoms with Crippen LogP contribution in [0.4, 0.5) is 0 Å². The van der Waals surface area contributed by atoms with E-state index in [4.69, 9.17) is 21.1 Å². The Hall–Kier alpha value is -0.920. The molecular weight excluding hydrogens is 394 g/mol. The topological polar surface area (TPSA) is 59.2 Å². The number of aromatic nitrogens is 2. The highest BCUT2D eigenvalue weighted by molar-refractivity contribution is 7.16. The Morgan fingerprint density at radius 2 is 2.04 bits per heavy atom. The van der Waals surface area contributed by atoms with Gasteiger partial charge < -0.3 is 14.8 Å². The number of aromatic amines is 1. The van der Waals surface area contributed by atoms with E-state index >= 15 is 0 Å². The van der Waals surface area contributed by atoms with E-state index in [1.165, 1.54) is 21.8 Å². The molecule has 28 heavy (non-hydrogen) atoms. The van der Waals surface area contributed by atoms with Crippen molar-refractivity contribution in [3.8, 4) is 0 Å². The third-order valence-corrected chi connectivity index (χ3v) is 8.12. The van der Waals surface area contributed by atoms with E-state index in [2.05, 4.69) is 34.6 Å². The fraction of sp³-hybridized carbons (Fsp3) is 0.667. The molecule has 2 fully saturated rings. The molecule has 0 amide bonds. The Kier molecular flexibility index (Phi) is 5.26. The summed E-state index contributed by atoms with van der Waals surface area (Å²) in [6.07, 6.45) is 5.18. The fourth-order valence-electron chi connectivity index (χ4n) is 5.30. The second-order valence-electron chi connectivity index (χ2n) is 8.65. The highest BCUT2D eigenvalue weighted by atomic mass is 35.5. The van der Waals surface area contributed by atoms with Crippen molar-refractivity contribution >= 4 is 22.9 Å². The van der Waals surface area contributed by atoms with Crippen LogP contribution >= 0.6 is 22.9 Å². The number of hydrogen-bond donors (Lipinski definition) is 2. The summed E-state index contributed by atoms with van der Waals surface area (Å²) in [5.41, 5.74) is 3.79. The number of nitrogens with zero attached hydrogens (tertiary/aromatic N) is 1. The van der Waals surface area contributed by atoms with Crippen LogP contribution in [0.1, 0.15) is 66.4 Å². The van der Waals surface area contributed by atoms with Gasteiger partial charge in [0, 0.05) is 35.5 Å². The summed E-state index contributed by atoms with van der Waals surface area (Å²) in [6.45, 7) is 5.53. The number of rotatable bonds is 2. The van der Waals surface area contributed by atoms with Crippen LogP contribution in [0.25, 0.3) is 0 Å². The van der Waals surface area contributed by atoms with Crippen molar-refractivity contribution in [1.29, 1.82) is 0 Å². The molecule has 2 saturated heterocycles. The van der Waals surface area contributed by atoms with Gasteiger partial charge in [-0.3, -0.25) is 5.10 Å². The van der Waals surface area contributed by atoms with Crippen LogP contribution in [0.2, 0.25) is 4.34 Å². The van der Waals surface area contributed by atoms with Gasteiger partial charge in [0.15, 0.2) is 0 Å².